The van der Waals surface area contributed by atoms with Gasteiger partial charge in [0.05, 0.1) is 6.10 Å². The van der Waals surface area contributed by atoms with Crippen molar-refractivity contribution in [2.24, 2.45) is 0 Å². The standard InChI is InChI=1S/C21H20F2N2O2/c22-14-3-1-13(2-4-14)21-17(18-11-15(23)5-7-19(18)24-21)6-8-20(27)25-10-9-16(26)12-25/h1-5,7,11,16,24,26H,6,8-10,12H2. The maximum Gasteiger partial charge on any atom is 0.222 e. The van der Waals surface area contributed by atoms with E-state index in [0.717, 1.165) is 27.7 Å². The Morgan fingerprint density at radius 1 is 1.15 bits per heavy atom. The zero-order valence-corrected chi connectivity index (χ0v) is 14.7. The molecule has 1 aromatic heterocycles. The van der Waals surface area contributed by atoms with E-state index in [1.54, 1.807) is 23.1 Å². The van der Waals surface area contributed by atoms with Gasteiger partial charge in [0.1, 0.15) is 11.6 Å². The average molecular weight is 370 g/mol. The highest BCUT2D eigenvalue weighted by Crippen LogP contribution is 2.32. The van der Waals surface area contributed by atoms with E-state index in [-0.39, 0.29) is 24.0 Å². The van der Waals surface area contributed by atoms with Crippen LogP contribution in [-0.2, 0) is 11.2 Å². The number of β-amino-alcohol motifs (C(OH)–C–C–N with tert-alkyl or cyclic N) is 1. The summed E-state index contributed by atoms with van der Waals surface area (Å²) in [6.45, 7) is 0.930. The molecule has 140 valence electrons. The van der Waals surface area contributed by atoms with Crippen LogP contribution in [0.1, 0.15) is 18.4 Å². The van der Waals surface area contributed by atoms with Crippen LogP contribution in [0, 0.1) is 11.6 Å². The number of likely N-dealkylation sites (tertiary alicyclic amines) is 1. The normalized spacial score (nSPS) is 17.0. The van der Waals surface area contributed by atoms with Crippen LogP contribution in [0.3, 0.4) is 0 Å². The van der Waals surface area contributed by atoms with E-state index in [4.69, 9.17) is 0 Å². The van der Waals surface area contributed by atoms with Crippen molar-refractivity contribution in [2.75, 3.05) is 13.1 Å². The Morgan fingerprint density at radius 2 is 1.89 bits per heavy atom. The van der Waals surface area contributed by atoms with Gasteiger partial charge < -0.3 is 15.0 Å². The van der Waals surface area contributed by atoms with Gasteiger partial charge in [-0.15, -0.1) is 0 Å². The minimum absolute atomic E-state index is 0.0256. The van der Waals surface area contributed by atoms with Crippen molar-refractivity contribution >= 4 is 16.8 Å². The number of hydrogen-bond acceptors (Lipinski definition) is 2. The third-order valence-electron chi connectivity index (χ3n) is 5.11. The average Bonchev–Trinajstić information content (AvgIpc) is 3.24. The van der Waals surface area contributed by atoms with E-state index < -0.39 is 6.10 Å². The first kappa shape index (κ1) is 17.7. The molecular weight excluding hydrogens is 350 g/mol. The Morgan fingerprint density at radius 3 is 2.59 bits per heavy atom. The SMILES string of the molecule is O=C(CCc1c(-c2ccc(F)cc2)[nH]c2ccc(F)cc12)N1CCC(O)C1. The lowest BCUT2D eigenvalue weighted by Gasteiger charge is -2.15. The molecule has 2 aromatic carbocycles. The number of nitrogens with zero attached hydrogens (tertiary/aromatic N) is 1. The third kappa shape index (κ3) is 3.57. The molecule has 1 aliphatic rings. The number of fused-ring (bicyclic) bond motifs is 1. The van der Waals surface area contributed by atoms with Crippen molar-refractivity contribution in [1.82, 2.24) is 9.88 Å². The van der Waals surface area contributed by atoms with Gasteiger partial charge in [-0.1, -0.05) is 0 Å². The van der Waals surface area contributed by atoms with Crippen LogP contribution >= 0.6 is 0 Å². The molecule has 0 aliphatic carbocycles. The zero-order chi connectivity index (χ0) is 19.0. The molecule has 0 saturated carbocycles. The molecular formula is C21H20F2N2O2. The third-order valence-corrected chi connectivity index (χ3v) is 5.11. The molecule has 0 radical (unpaired) electrons. The molecule has 4 nitrogen and oxygen atoms in total. The first-order valence-corrected chi connectivity index (χ1v) is 9.03. The molecule has 1 aliphatic heterocycles. The summed E-state index contributed by atoms with van der Waals surface area (Å²) in [7, 11) is 0. The number of nitrogens with one attached hydrogen (secondary N) is 1. The van der Waals surface area contributed by atoms with Crippen LogP contribution < -0.4 is 0 Å². The van der Waals surface area contributed by atoms with E-state index >= 15 is 0 Å². The fraction of sp³-hybridized carbons (Fsp3) is 0.286. The lowest BCUT2D eigenvalue weighted by molar-refractivity contribution is -0.130. The van der Waals surface area contributed by atoms with Crippen molar-refractivity contribution in [3.8, 4) is 11.3 Å². The zero-order valence-electron chi connectivity index (χ0n) is 14.7. The summed E-state index contributed by atoms with van der Waals surface area (Å²) in [5.41, 5.74) is 3.16. The van der Waals surface area contributed by atoms with Gasteiger partial charge in [-0.25, -0.2) is 8.78 Å². The minimum Gasteiger partial charge on any atom is -0.391 e. The van der Waals surface area contributed by atoms with E-state index in [1.807, 2.05) is 0 Å². The van der Waals surface area contributed by atoms with Gasteiger partial charge >= 0.3 is 0 Å². The molecule has 2 heterocycles. The Kier molecular flexibility index (Phi) is 4.66. The van der Waals surface area contributed by atoms with E-state index in [1.165, 1.54) is 24.3 Å². The molecule has 6 heteroatoms. The Hall–Kier alpha value is -2.73. The second-order valence-corrected chi connectivity index (χ2v) is 6.96. The summed E-state index contributed by atoms with van der Waals surface area (Å²) in [4.78, 5) is 17.4. The minimum atomic E-state index is -0.453. The van der Waals surface area contributed by atoms with Crippen molar-refractivity contribution in [3.63, 3.8) is 0 Å². The summed E-state index contributed by atoms with van der Waals surface area (Å²) >= 11 is 0. The van der Waals surface area contributed by atoms with Crippen molar-refractivity contribution in [1.29, 1.82) is 0 Å². The highest BCUT2D eigenvalue weighted by molar-refractivity contribution is 5.91. The fourth-order valence-corrected chi connectivity index (χ4v) is 3.70. The Labute approximate surface area is 155 Å². The molecule has 0 bridgehead atoms. The number of aliphatic hydroxyl groups excluding tert-OH is 1. The van der Waals surface area contributed by atoms with Gasteiger partial charge in [0.2, 0.25) is 5.91 Å². The van der Waals surface area contributed by atoms with Crippen molar-refractivity contribution in [3.05, 3.63) is 59.7 Å². The van der Waals surface area contributed by atoms with E-state index in [0.29, 0.717) is 25.9 Å². The van der Waals surface area contributed by atoms with Crippen LogP contribution in [0.5, 0.6) is 0 Å². The number of carbonyl (C=O) groups excluding carboxylic acids is 1. The molecule has 3 aromatic rings. The summed E-state index contributed by atoms with van der Waals surface area (Å²) in [6.07, 6.45) is 0.850. The predicted molar refractivity (Wildman–Crippen MR) is 99.2 cm³/mol. The summed E-state index contributed by atoms with van der Waals surface area (Å²) in [6, 6.07) is 10.6. The monoisotopic (exact) mass is 370 g/mol. The van der Waals surface area contributed by atoms with E-state index in [9.17, 15) is 18.7 Å². The smallest absolute Gasteiger partial charge is 0.222 e. The number of rotatable bonds is 4. The Balaban J connectivity index is 1.67. The highest BCUT2D eigenvalue weighted by atomic mass is 19.1. The number of aliphatic hydroxyl groups is 1. The maximum atomic E-state index is 13.8. The highest BCUT2D eigenvalue weighted by Gasteiger charge is 2.25. The number of amides is 1. The first-order valence-electron chi connectivity index (χ1n) is 9.03. The fourth-order valence-electron chi connectivity index (χ4n) is 3.70. The largest absolute Gasteiger partial charge is 0.391 e. The maximum absolute atomic E-state index is 13.8. The van der Waals surface area contributed by atoms with Gasteiger partial charge in [-0.05, 0) is 66.4 Å². The van der Waals surface area contributed by atoms with Crippen molar-refractivity contribution < 1.29 is 18.7 Å². The number of H-pyrrole nitrogens is 1. The quantitative estimate of drug-likeness (QED) is 0.737. The predicted octanol–water partition coefficient (Wildman–Crippen LogP) is 3.64. The van der Waals surface area contributed by atoms with Crippen LogP contribution in [0.4, 0.5) is 8.78 Å². The van der Waals surface area contributed by atoms with Gasteiger partial charge in [-0.2, -0.15) is 0 Å². The van der Waals surface area contributed by atoms with Crippen molar-refractivity contribution in [2.45, 2.75) is 25.4 Å². The molecule has 27 heavy (non-hydrogen) atoms. The molecule has 1 amide bonds. The van der Waals surface area contributed by atoms with Gasteiger partial charge in [0.15, 0.2) is 0 Å². The number of aryl methyl sites for hydroxylation is 1. The van der Waals surface area contributed by atoms with E-state index in [2.05, 4.69) is 4.98 Å². The molecule has 1 saturated heterocycles. The van der Waals surface area contributed by atoms with Crippen LogP contribution in [-0.4, -0.2) is 40.1 Å². The van der Waals surface area contributed by atoms with Crippen LogP contribution in [0.2, 0.25) is 0 Å². The molecule has 1 fully saturated rings. The molecule has 1 atom stereocenters. The van der Waals surface area contributed by atoms with Gasteiger partial charge in [-0.3, -0.25) is 4.79 Å². The number of aromatic amines is 1. The Bertz CT molecular complexity index is 982. The molecule has 1 unspecified atom stereocenters. The number of halogens is 2. The first-order chi connectivity index (χ1) is 13.0. The van der Waals surface area contributed by atoms with Gasteiger partial charge in [0, 0.05) is 36.1 Å². The number of carbonyl (C=O) groups is 1. The second-order valence-electron chi connectivity index (χ2n) is 6.96. The summed E-state index contributed by atoms with van der Waals surface area (Å²) < 4.78 is 27.1. The summed E-state index contributed by atoms with van der Waals surface area (Å²) in [5.74, 6) is -0.699. The molecule has 4 rings (SSSR count). The lowest BCUT2D eigenvalue weighted by atomic mass is 10.0. The van der Waals surface area contributed by atoms with Crippen LogP contribution in [0.25, 0.3) is 22.2 Å². The number of hydrogen-bond donors (Lipinski definition) is 2. The lowest BCUT2D eigenvalue weighted by Crippen LogP contribution is -2.29. The topological polar surface area (TPSA) is 56.3 Å². The summed E-state index contributed by atoms with van der Waals surface area (Å²) in [5, 5.41) is 10.3. The number of aromatic nitrogens is 1. The second kappa shape index (κ2) is 7.12. The van der Waals surface area contributed by atoms with Crippen LogP contribution in [0.15, 0.2) is 42.5 Å². The van der Waals surface area contributed by atoms with Gasteiger partial charge in [0.25, 0.3) is 0 Å². The molecule has 2 N–H and O–H groups in total. The molecule has 0 spiro atoms. The number of benzene rings is 2.